The molecule has 0 aliphatic carbocycles. The summed E-state index contributed by atoms with van der Waals surface area (Å²) in [5.41, 5.74) is 3.32. The summed E-state index contributed by atoms with van der Waals surface area (Å²) in [4.78, 5) is 12.9. The molecule has 2 aromatic rings. The van der Waals surface area contributed by atoms with Crippen molar-refractivity contribution >= 4 is 35.5 Å². The minimum Gasteiger partial charge on any atom is -0.493 e. The predicted molar refractivity (Wildman–Crippen MR) is 111 cm³/mol. The van der Waals surface area contributed by atoms with Gasteiger partial charge in [0.15, 0.2) is 11.5 Å². The Morgan fingerprint density at radius 2 is 2.00 bits per heavy atom. The van der Waals surface area contributed by atoms with Crippen molar-refractivity contribution < 1.29 is 14.3 Å². The Labute approximate surface area is 169 Å². The molecule has 0 saturated carbocycles. The van der Waals surface area contributed by atoms with Crippen molar-refractivity contribution in [2.75, 3.05) is 19.5 Å². The van der Waals surface area contributed by atoms with Gasteiger partial charge in [0, 0.05) is 9.92 Å². The first-order valence-electron chi connectivity index (χ1n) is 8.63. The molecule has 0 spiro atoms. The smallest absolute Gasteiger partial charge is 0.250 e. The summed E-state index contributed by atoms with van der Waals surface area (Å²) in [6.45, 7) is 2.77. The lowest BCUT2D eigenvalue weighted by Gasteiger charge is -2.10. The highest BCUT2D eigenvalue weighted by Gasteiger charge is 2.05. The van der Waals surface area contributed by atoms with E-state index in [0.717, 1.165) is 23.3 Å². The van der Waals surface area contributed by atoms with Gasteiger partial charge in [-0.25, -0.2) is 5.43 Å². The standard InChI is InChI=1S/C20H23ClN2O3S/c1-3-4-11-26-18-10-5-15(12-19(18)25-2)13-22-23-20(24)14-27-17-8-6-16(21)7-9-17/h5-10,12-13H,3-4,11,14H2,1-2H3,(H,23,24)/b22-13+. The van der Waals surface area contributed by atoms with Gasteiger partial charge in [-0.3, -0.25) is 4.79 Å². The van der Waals surface area contributed by atoms with Crippen LogP contribution in [0.3, 0.4) is 0 Å². The van der Waals surface area contributed by atoms with Crippen LogP contribution in [-0.2, 0) is 4.79 Å². The molecule has 27 heavy (non-hydrogen) atoms. The zero-order chi connectivity index (χ0) is 19.5. The van der Waals surface area contributed by atoms with E-state index in [1.165, 1.54) is 11.8 Å². The van der Waals surface area contributed by atoms with E-state index in [-0.39, 0.29) is 11.7 Å². The molecule has 0 saturated heterocycles. The van der Waals surface area contributed by atoms with Crippen LogP contribution in [0.2, 0.25) is 5.02 Å². The van der Waals surface area contributed by atoms with Crippen LogP contribution < -0.4 is 14.9 Å². The summed E-state index contributed by atoms with van der Waals surface area (Å²) >= 11 is 7.26. The summed E-state index contributed by atoms with van der Waals surface area (Å²) < 4.78 is 11.1. The van der Waals surface area contributed by atoms with Gasteiger partial charge in [0.1, 0.15) is 0 Å². The summed E-state index contributed by atoms with van der Waals surface area (Å²) in [7, 11) is 1.60. The van der Waals surface area contributed by atoms with Crippen LogP contribution in [-0.4, -0.2) is 31.6 Å². The van der Waals surface area contributed by atoms with Gasteiger partial charge in [0.2, 0.25) is 5.91 Å². The first-order valence-corrected chi connectivity index (χ1v) is 10.00. The van der Waals surface area contributed by atoms with Crippen molar-refractivity contribution in [3.8, 4) is 11.5 Å². The van der Waals surface area contributed by atoms with E-state index in [2.05, 4.69) is 17.5 Å². The highest BCUT2D eigenvalue weighted by molar-refractivity contribution is 8.00. The average molecular weight is 407 g/mol. The molecule has 0 atom stereocenters. The lowest BCUT2D eigenvalue weighted by Crippen LogP contribution is -2.19. The van der Waals surface area contributed by atoms with Crippen LogP contribution in [0.5, 0.6) is 11.5 Å². The molecule has 7 heteroatoms. The number of hydrazone groups is 1. The van der Waals surface area contributed by atoms with Crippen LogP contribution in [0.25, 0.3) is 0 Å². The molecule has 0 heterocycles. The molecule has 144 valence electrons. The summed E-state index contributed by atoms with van der Waals surface area (Å²) in [5.74, 6) is 1.43. The maximum Gasteiger partial charge on any atom is 0.250 e. The van der Waals surface area contributed by atoms with Crippen LogP contribution in [0.1, 0.15) is 25.3 Å². The quantitative estimate of drug-likeness (QED) is 0.267. The van der Waals surface area contributed by atoms with Crippen molar-refractivity contribution in [2.24, 2.45) is 5.10 Å². The fourth-order valence-electron chi connectivity index (χ4n) is 2.10. The number of ether oxygens (including phenoxy) is 2. The lowest BCUT2D eigenvalue weighted by molar-refractivity contribution is -0.118. The second-order valence-corrected chi connectivity index (χ2v) is 7.13. The molecule has 0 aliphatic rings. The number of unbranched alkanes of at least 4 members (excludes halogenated alkanes) is 1. The van der Waals surface area contributed by atoms with E-state index >= 15 is 0 Å². The molecule has 1 N–H and O–H groups in total. The molecule has 0 bridgehead atoms. The molecular formula is C20H23ClN2O3S. The first-order chi connectivity index (χ1) is 13.1. The van der Waals surface area contributed by atoms with E-state index in [0.29, 0.717) is 23.1 Å². The monoisotopic (exact) mass is 406 g/mol. The zero-order valence-electron chi connectivity index (χ0n) is 15.4. The maximum atomic E-state index is 11.9. The third-order valence-electron chi connectivity index (χ3n) is 3.53. The zero-order valence-corrected chi connectivity index (χ0v) is 17.0. The number of nitrogens with zero attached hydrogens (tertiary/aromatic N) is 1. The predicted octanol–water partition coefficient (Wildman–Crippen LogP) is 4.77. The van der Waals surface area contributed by atoms with Crippen molar-refractivity contribution in [3.63, 3.8) is 0 Å². The number of halogens is 1. The molecule has 0 aromatic heterocycles. The molecule has 1 amide bonds. The minimum atomic E-state index is -0.183. The third kappa shape index (κ3) is 7.53. The topological polar surface area (TPSA) is 59.9 Å². The number of hydrogen-bond acceptors (Lipinski definition) is 5. The maximum absolute atomic E-state index is 11.9. The van der Waals surface area contributed by atoms with Gasteiger partial charge in [-0.2, -0.15) is 5.10 Å². The Bertz CT molecular complexity index is 766. The molecule has 0 unspecified atom stereocenters. The number of nitrogens with one attached hydrogen (secondary N) is 1. The summed E-state index contributed by atoms with van der Waals surface area (Å²) in [5, 5.41) is 4.66. The largest absolute Gasteiger partial charge is 0.493 e. The van der Waals surface area contributed by atoms with Gasteiger partial charge in [-0.15, -0.1) is 11.8 Å². The number of amides is 1. The SMILES string of the molecule is CCCCOc1ccc(/C=N/NC(=O)CSc2ccc(Cl)cc2)cc1OC. The van der Waals surface area contributed by atoms with Gasteiger partial charge in [-0.1, -0.05) is 24.9 Å². The van der Waals surface area contributed by atoms with Gasteiger partial charge in [-0.05, 0) is 54.4 Å². The van der Waals surface area contributed by atoms with E-state index in [4.69, 9.17) is 21.1 Å². The average Bonchev–Trinajstić information content (AvgIpc) is 2.68. The van der Waals surface area contributed by atoms with Gasteiger partial charge in [0.25, 0.3) is 0 Å². The van der Waals surface area contributed by atoms with Gasteiger partial charge >= 0.3 is 0 Å². The van der Waals surface area contributed by atoms with Gasteiger partial charge in [0.05, 0.1) is 25.7 Å². The van der Waals surface area contributed by atoms with Crippen LogP contribution >= 0.6 is 23.4 Å². The lowest BCUT2D eigenvalue weighted by atomic mass is 10.2. The van der Waals surface area contributed by atoms with E-state index in [1.54, 1.807) is 25.5 Å². The number of carbonyl (C=O) groups excluding carboxylic acids is 1. The summed E-state index contributed by atoms with van der Waals surface area (Å²) in [6.07, 6.45) is 3.64. The highest BCUT2D eigenvalue weighted by atomic mass is 35.5. The normalized spacial score (nSPS) is 10.8. The number of carbonyl (C=O) groups is 1. The Kier molecular flexibility index (Phi) is 9.01. The van der Waals surface area contributed by atoms with Crippen LogP contribution in [0, 0.1) is 0 Å². The number of benzene rings is 2. The van der Waals surface area contributed by atoms with Crippen LogP contribution in [0.4, 0.5) is 0 Å². The Morgan fingerprint density at radius 3 is 2.70 bits per heavy atom. The van der Waals surface area contributed by atoms with E-state index in [9.17, 15) is 4.79 Å². The van der Waals surface area contributed by atoms with Crippen molar-refractivity contribution in [1.29, 1.82) is 0 Å². The number of methoxy groups -OCH3 is 1. The molecule has 2 aromatic carbocycles. The van der Waals surface area contributed by atoms with Crippen LogP contribution in [0.15, 0.2) is 52.5 Å². The van der Waals surface area contributed by atoms with Crippen molar-refractivity contribution in [1.82, 2.24) is 5.43 Å². The van der Waals surface area contributed by atoms with Crippen molar-refractivity contribution in [3.05, 3.63) is 53.1 Å². The van der Waals surface area contributed by atoms with E-state index < -0.39 is 0 Å². The second-order valence-electron chi connectivity index (χ2n) is 5.65. The third-order valence-corrected chi connectivity index (χ3v) is 4.79. The molecular weight excluding hydrogens is 384 g/mol. The molecule has 0 fully saturated rings. The number of rotatable bonds is 10. The molecule has 0 aliphatic heterocycles. The van der Waals surface area contributed by atoms with E-state index in [1.807, 2.05) is 30.3 Å². The second kappa shape index (κ2) is 11.5. The molecule has 0 radical (unpaired) electrons. The molecule has 2 rings (SSSR count). The Balaban J connectivity index is 1.83. The fraction of sp³-hybridized carbons (Fsp3) is 0.300. The first kappa shape index (κ1) is 21.1. The molecule has 5 nitrogen and oxygen atoms in total. The highest BCUT2D eigenvalue weighted by Crippen LogP contribution is 2.27. The Morgan fingerprint density at radius 1 is 1.22 bits per heavy atom. The number of hydrogen-bond donors (Lipinski definition) is 1. The fourth-order valence-corrected chi connectivity index (χ4v) is 2.92. The number of thioether (sulfide) groups is 1. The Hall–Kier alpha value is -2.18. The summed E-state index contributed by atoms with van der Waals surface area (Å²) in [6, 6.07) is 12.9. The van der Waals surface area contributed by atoms with Gasteiger partial charge < -0.3 is 9.47 Å². The van der Waals surface area contributed by atoms with Crippen molar-refractivity contribution in [2.45, 2.75) is 24.7 Å². The minimum absolute atomic E-state index is 0.183.